The van der Waals surface area contributed by atoms with Crippen molar-refractivity contribution in [1.82, 2.24) is 25.1 Å². The van der Waals surface area contributed by atoms with Gasteiger partial charge in [-0.1, -0.05) is 12.1 Å². The van der Waals surface area contributed by atoms with Gasteiger partial charge in [0.15, 0.2) is 0 Å². The maximum atomic E-state index is 12.8. The predicted octanol–water partition coefficient (Wildman–Crippen LogP) is 2.99. The number of halogens is 3. The molecule has 1 aliphatic heterocycles. The average molecular weight is 345 g/mol. The minimum atomic E-state index is -4.35. The van der Waals surface area contributed by atoms with Gasteiger partial charge in [-0.15, -0.1) is 0 Å². The average Bonchev–Trinajstić information content (AvgIpc) is 3.02. The molecule has 8 heteroatoms. The number of nitrogens with one attached hydrogen (secondary N) is 1. The Kier molecular flexibility index (Phi) is 3.76. The number of hydrogen-bond donors (Lipinski definition) is 1. The molecule has 4 rings (SSSR count). The highest BCUT2D eigenvalue weighted by atomic mass is 19.4. The third-order valence-corrected chi connectivity index (χ3v) is 4.16. The van der Waals surface area contributed by atoms with E-state index in [1.54, 1.807) is 23.1 Å². The fourth-order valence-electron chi connectivity index (χ4n) is 2.96. The minimum absolute atomic E-state index is 0.457. The number of hydrogen-bond acceptors (Lipinski definition) is 4. The Morgan fingerprint density at radius 2 is 1.76 bits per heavy atom. The Bertz CT molecular complexity index is 885. The number of alkyl halides is 3. The van der Waals surface area contributed by atoms with E-state index in [0.717, 1.165) is 36.4 Å². The van der Waals surface area contributed by atoms with Gasteiger partial charge in [-0.25, -0.2) is 14.6 Å². The van der Waals surface area contributed by atoms with Gasteiger partial charge < -0.3 is 5.32 Å². The Hall–Kier alpha value is -2.74. The monoisotopic (exact) mass is 345 g/mol. The molecule has 3 aromatic rings. The van der Waals surface area contributed by atoms with Gasteiger partial charge in [0.1, 0.15) is 0 Å². The first-order chi connectivity index (χ1) is 12.0. The molecule has 1 aliphatic rings. The summed E-state index contributed by atoms with van der Waals surface area (Å²) in [7, 11) is 0. The molecular weight excluding hydrogens is 331 g/mol. The molecule has 0 fully saturated rings. The van der Waals surface area contributed by atoms with Crippen molar-refractivity contribution in [1.29, 1.82) is 0 Å². The molecule has 0 radical (unpaired) electrons. The van der Waals surface area contributed by atoms with Crippen molar-refractivity contribution in [2.75, 3.05) is 6.54 Å². The minimum Gasteiger partial charge on any atom is -0.312 e. The van der Waals surface area contributed by atoms with Crippen molar-refractivity contribution < 1.29 is 13.2 Å². The lowest BCUT2D eigenvalue weighted by Gasteiger charge is -2.15. The largest absolute Gasteiger partial charge is 0.416 e. The van der Waals surface area contributed by atoms with Gasteiger partial charge in [0.25, 0.3) is 5.95 Å². The number of aromatic nitrogens is 4. The van der Waals surface area contributed by atoms with Crippen LogP contribution in [0.5, 0.6) is 0 Å². The van der Waals surface area contributed by atoms with E-state index in [9.17, 15) is 13.2 Å². The van der Waals surface area contributed by atoms with Gasteiger partial charge in [0.05, 0.1) is 17.0 Å². The van der Waals surface area contributed by atoms with Crippen LogP contribution < -0.4 is 5.32 Å². The Morgan fingerprint density at radius 1 is 1.04 bits per heavy atom. The van der Waals surface area contributed by atoms with Gasteiger partial charge in [-0.2, -0.15) is 18.3 Å². The zero-order valence-corrected chi connectivity index (χ0v) is 13.1. The zero-order chi connectivity index (χ0) is 17.4. The van der Waals surface area contributed by atoms with E-state index in [-0.39, 0.29) is 0 Å². The Morgan fingerprint density at radius 3 is 2.44 bits per heavy atom. The molecule has 0 bridgehead atoms. The van der Waals surface area contributed by atoms with E-state index >= 15 is 0 Å². The molecule has 0 amide bonds. The normalized spacial score (nSPS) is 14.4. The predicted molar refractivity (Wildman–Crippen MR) is 85.0 cm³/mol. The molecule has 0 atom stereocenters. The van der Waals surface area contributed by atoms with E-state index in [1.165, 1.54) is 12.1 Å². The zero-order valence-electron chi connectivity index (χ0n) is 13.1. The second-order valence-corrected chi connectivity index (χ2v) is 5.74. The summed E-state index contributed by atoms with van der Waals surface area (Å²) in [6, 6.07) is 6.79. The van der Waals surface area contributed by atoms with Crippen LogP contribution in [0, 0.1) is 0 Å². The first-order valence-corrected chi connectivity index (χ1v) is 7.80. The summed E-state index contributed by atoms with van der Waals surface area (Å²) >= 11 is 0. The summed E-state index contributed by atoms with van der Waals surface area (Å²) < 4.78 is 40.0. The fraction of sp³-hybridized carbons (Fsp3) is 0.235. The molecule has 5 nitrogen and oxygen atoms in total. The highest BCUT2D eigenvalue weighted by Gasteiger charge is 2.30. The first-order valence-electron chi connectivity index (χ1n) is 7.80. The summed E-state index contributed by atoms with van der Waals surface area (Å²) in [4.78, 5) is 8.46. The number of fused-ring (bicyclic) bond motifs is 1. The van der Waals surface area contributed by atoms with E-state index in [1.807, 2.05) is 0 Å². The van der Waals surface area contributed by atoms with E-state index in [2.05, 4.69) is 20.4 Å². The lowest BCUT2D eigenvalue weighted by atomic mass is 10.0. The molecule has 2 aromatic heterocycles. The molecule has 0 spiro atoms. The topological polar surface area (TPSA) is 55.6 Å². The van der Waals surface area contributed by atoms with Crippen molar-refractivity contribution in [3.05, 3.63) is 59.5 Å². The molecule has 1 N–H and O–H groups in total. The summed E-state index contributed by atoms with van der Waals surface area (Å²) in [5, 5.41) is 7.87. The molecule has 0 saturated heterocycles. The molecular formula is C17H14F3N5. The van der Waals surface area contributed by atoms with E-state index in [4.69, 9.17) is 0 Å². The standard InChI is InChI=1S/C17H14F3N5/c18-17(19,20)12-4-2-11(3-5-12)15-13-10-21-9-6-14(13)25(24-15)16-22-7-1-8-23-16/h1-5,7-8,21H,6,9-10H2. The number of nitrogens with zero attached hydrogens (tertiary/aromatic N) is 4. The van der Waals surface area contributed by atoms with Gasteiger partial charge in [-0.3, -0.25) is 0 Å². The van der Waals surface area contributed by atoms with Crippen LogP contribution in [0.15, 0.2) is 42.7 Å². The van der Waals surface area contributed by atoms with Gasteiger partial charge >= 0.3 is 6.18 Å². The second-order valence-electron chi connectivity index (χ2n) is 5.74. The lowest BCUT2D eigenvalue weighted by Crippen LogP contribution is -2.25. The van der Waals surface area contributed by atoms with Crippen LogP contribution in [-0.4, -0.2) is 26.3 Å². The van der Waals surface area contributed by atoms with Crippen molar-refractivity contribution in [2.45, 2.75) is 19.1 Å². The van der Waals surface area contributed by atoms with Crippen molar-refractivity contribution in [3.8, 4) is 17.2 Å². The molecule has 0 unspecified atom stereocenters. The van der Waals surface area contributed by atoms with Crippen LogP contribution in [0.4, 0.5) is 13.2 Å². The van der Waals surface area contributed by atoms with Crippen LogP contribution in [0.2, 0.25) is 0 Å². The number of benzene rings is 1. The van der Waals surface area contributed by atoms with Crippen LogP contribution in [0.3, 0.4) is 0 Å². The third kappa shape index (κ3) is 2.89. The van der Waals surface area contributed by atoms with Crippen LogP contribution in [0.25, 0.3) is 17.2 Å². The highest BCUT2D eigenvalue weighted by molar-refractivity contribution is 5.65. The Balaban J connectivity index is 1.81. The fourth-order valence-corrected chi connectivity index (χ4v) is 2.96. The van der Waals surface area contributed by atoms with Crippen molar-refractivity contribution in [2.24, 2.45) is 0 Å². The molecule has 1 aromatic carbocycles. The highest BCUT2D eigenvalue weighted by Crippen LogP contribution is 2.33. The first kappa shape index (κ1) is 15.8. The molecule has 0 saturated carbocycles. The Labute approximate surface area is 141 Å². The van der Waals surface area contributed by atoms with Gasteiger partial charge in [0.2, 0.25) is 0 Å². The second kappa shape index (κ2) is 5.96. The van der Waals surface area contributed by atoms with Gasteiger partial charge in [0, 0.05) is 43.0 Å². The summed E-state index contributed by atoms with van der Waals surface area (Å²) in [5.41, 5.74) is 2.58. The summed E-state index contributed by atoms with van der Waals surface area (Å²) in [6.07, 6.45) is -0.331. The molecule has 25 heavy (non-hydrogen) atoms. The van der Waals surface area contributed by atoms with E-state index in [0.29, 0.717) is 23.8 Å². The quantitative estimate of drug-likeness (QED) is 0.776. The molecule has 3 heterocycles. The SMILES string of the molecule is FC(F)(F)c1ccc(-c2nn(-c3ncccn3)c3c2CNCC3)cc1. The summed E-state index contributed by atoms with van der Waals surface area (Å²) in [6.45, 7) is 1.41. The van der Waals surface area contributed by atoms with Gasteiger partial charge in [-0.05, 0) is 18.2 Å². The van der Waals surface area contributed by atoms with Crippen LogP contribution in [0.1, 0.15) is 16.8 Å². The lowest BCUT2D eigenvalue weighted by molar-refractivity contribution is -0.137. The number of rotatable bonds is 2. The van der Waals surface area contributed by atoms with Crippen molar-refractivity contribution >= 4 is 0 Å². The molecule has 0 aliphatic carbocycles. The van der Waals surface area contributed by atoms with Crippen LogP contribution in [-0.2, 0) is 19.1 Å². The van der Waals surface area contributed by atoms with Crippen LogP contribution >= 0.6 is 0 Å². The smallest absolute Gasteiger partial charge is 0.312 e. The van der Waals surface area contributed by atoms with E-state index < -0.39 is 11.7 Å². The molecule has 128 valence electrons. The third-order valence-electron chi connectivity index (χ3n) is 4.16. The maximum absolute atomic E-state index is 12.8. The maximum Gasteiger partial charge on any atom is 0.416 e. The van der Waals surface area contributed by atoms with Crippen molar-refractivity contribution in [3.63, 3.8) is 0 Å². The summed E-state index contributed by atoms with van der Waals surface area (Å²) in [5.74, 6) is 0.457.